The highest BCUT2D eigenvalue weighted by molar-refractivity contribution is 9.10. The van der Waals surface area contributed by atoms with Gasteiger partial charge >= 0.3 is 0 Å². The molecule has 3 aromatic rings. The molecular weight excluding hydrogens is 373 g/mol. The van der Waals surface area contributed by atoms with Gasteiger partial charge in [-0.25, -0.2) is 9.07 Å². The highest BCUT2D eigenvalue weighted by Gasteiger charge is 2.11. The minimum absolute atomic E-state index is 0.279. The molecule has 6 heteroatoms. The highest BCUT2D eigenvalue weighted by atomic mass is 79.9. The summed E-state index contributed by atoms with van der Waals surface area (Å²) in [6, 6.07) is 12.9. The number of halogens is 2. The predicted octanol–water partition coefficient (Wildman–Crippen LogP) is 4.64. The zero-order chi connectivity index (χ0) is 17.3. The first-order chi connectivity index (χ1) is 11.5. The Labute approximate surface area is 147 Å². The Morgan fingerprint density at radius 2 is 1.88 bits per heavy atom. The van der Waals surface area contributed by atoms with E-state index in [0.717, 1.165) is 21.5 Å². The number of rotatable bonds is 3. The molecule has 0 fully saturated rings. The van der Waals surface area contributed by atoms with E-state index < -0.39 is 5.82 Å². The summed E-state index contributed by atoms with van der Waals surface area (Å²) in [5.41, 5.74) is 3.72. The molecule has 1 aromatic heterocycles. The van der Waals surface area contributed by atoms with E-state index in [0.29, 0.717) is 5.69 Å². The number of hydrogen-bond acceptors (Lipinski definition) is 2. The predicted molar refractivity (Wildman–Crippen MR) is 95.1 cm³/mol. The van der Waals surface area contributed by atoms with Crippen molar-refractivity contribution >= 4 is 27.5 Å². The van der Waals surface area contributed by atoms with Crippen molar-refractivity contribution in [2.24, 2.45) is 0 Å². The van der Waals surface area contributed by atoms with Gasteiger partial charge in [0, 0.05) is 11.3 Å². The van der Waals surface area contributed by atoms with Gasteiger partial charge < -0.3 is 5.32 Å². The molecule has 0 saturated heterocycles. The molecule has 2 aromatic carbocycles. The van der Waals surface area contributed by atoms with Crippen LogP contribution in [0.3, 0.4) is 0 Å². The van der Waals surface area contributed by atoms with Gasteiger partial charge in [0.2, 0.25) is 0 Å². The van der Waals surface area contributed by atoms with Crippen LogP contribution < -0.4 is 5.32 Å². The molecular formula is C18H15BrFN3O. The molecule has 3 rings (SSSR count). The molecule has 0 aliphatic rings. The fourth-order valence-electron chi connectivity index (χ4n) is 2.39. The van der Waals surface area contributed by atoms with Crippen LogP contribution in [0.4, 0.5) is 10.1 Å². The topological polar surface area (TPSA) is 46.9 Å². The van der Waals surface area contributed by atoms with Gasteiger partial charge in [-0.3, -0.25) is 4.79 Å². The fraction of sp³-hybridized carbons (Fsp3) is 0.111. The Balaban J connectivity index is 1.80. The molecule has 0 spiro atoms. The maximum absolute atomic E-state index is 13.2. The summed E-state index contributed by atoms with van der Waals surface area (Å²) < 4.78 is 16.0. The molecule has 0 radical (unpaired) electrons. The molecule has 0 atom stereocenters. The van der Waals surface area contributed by atoms with Crippen molar-refractivity contribution in [2.75, 3.05) is 5.32 Å². The van der Waals surface area contributed by atoms with Gasteiger partial charge in [0.15, 0.2) is 0 Å². The summed E-state index contributed by atoms with van der Waals surface area (Å²) in [5.74, 6) is -0.788. The van der Waals surface area contributed by atoms with Crippen molar-refractivity contribution in [2.45, 2.75) is 13.8 Å². The maximum atomic E-state index is 13.2. The first-order valence-corrected chi connectivity index (χ1v) is 8.14. The number of aromatic nitrogens is 2. The van der Waals surface area contributed by atoms with Crippen LogP contribution in [0.1, 0.15) is 21.7 Å². The lowest BCUT2D eigenvalue weighted by atomic mass is 10.2. The molecule has 122 valence electrons. The van der Waals surface area contributed by atoms with Gasteiger partial charge in [0.1, 0.15) is 5.82 Å². The molecule has 0 aliphatic heterocycles. The lowest BCUT2D eigenvalue weighted by Crippen LogP contribution is -2.12. The fourth-order valence-corrected chi connectivity index (χ4v) is 2.64. The van der Waals surface area contributed by atoms with Crippen LogP contribution in [-0.2, 0) is 0 Å². The maximum Gasteiger partial charge on any atom is 0.255 e. The number of anilines is 1. The van der Waals surface area contributed by atoms with Crippen molar-refractivity contribution in [1.29, 1.82) is 0 Å². The van der Waals surface area contributed by atoms with Crippen LogP contribution in [0.5, 0.6) is 0 Å². The Morgan fingerprint density at radius 3 is 2.46 bits per heavy atom. The smallest absolute Gasteiger partial charge is 0.255 e. The van der Waals surface area contributed by atoms with Crippen LogP contribution >= 0.6 is 15.9 Å². The zero-order valence-electron chi connectivity index (χ0n) is 13.2. The van der Waals surface area contributed by atoms with E-state index >= 15 is 0 Å². The van der Waals surface area contributed by atoms with Gasteiger partial charge in [-0.15, -0.1) is 0 Å². The molecule has 0 unspecified atom stereocenters. The van der Waals surface area contributed by atoms with Gasteiger partial charge in [0.25, 0.3) is 5.91 Å². The minimum atomic E-state index is -0.437. The van der Waals surface area contributed by atoms with Crippen LogP contribution in [0.2, 0.25) is 0 Å². The van der Waals surface area contributed by atoms with Crippen LogP contribution in [0, 0.1) is 19.7 Å². The number of nitrogens with zero attached hydrogens (tertiary/aromatic N) is 2. The zero-order valence-corrected chi connectivity index (χ0v) is 14.8. The molecule has 0 aliphatic carbocycles. The summed E-state index contributed by atoms with van der Waals surface area (Å²) in [7, 11) is 0. The summed E-state index contributed by atoms with van der Waals surface area (Å²) in [6.45, 7) is 3.91. The summed E-state index contributed by atoms with van der Waals surface area (Å²) in [4.78, 5) is 12.1. The third-order valence-corrected chi connectivity index (χ3v) is 4.81. The van der Waals surface area contributed by atoms with Crippen molar-refractivity contribution in [3.8, 4) is 5.69 Å². The van der Waals surface area contributed by atoms with E-state index in [2.05, 4.69) is 26.3 Å². The van der Waals surface area contributed by atoms with E-state index in [1.807, 2.05) is 30.7 Å². The van der Waals surface area contributed by atoms with Crippen molar-refractivity contribution in [3.63, 3.8) is 0 Å². The first-order valence-electron chi connectivity index (χ1n) is 7.35. The van der Waals surface area contributed by atoms with Crippen LogP contribution in [0.25, 0.3) is 5.69 Å². The average molecular weight is 388 g/mol. The summed E-state index contributed by atoms with van der Waals surface area (Å²) >= 11 is 3.51. The summed E-state index contributed by atoms with van der Waals surface area (Å²) in [6.07, 6.45) is 0. The molecule has 1 heterocycles. The molecule has 1 N–H and O–H groups in total. The van der Waals surface area contributed by atoms with Crippen LogP contribution in [0.15, 0.2) is 53.0 Å². The SMILES string of the molecule is Cc1nn(-c2ccc(NC(=O)c3cccc(F)c3)cc2)c(C)c1Br. The molecule has 4 nitrogen and oxygen atoms in total. The van der Waals surface area contributed by atoms with E-state index in [1.165, 1.54) is 18.2 Å². The Morgan fingerprint density at radius 1 is 1.17 bits per heavy atom. The van der Waals surface area contributed by atoms with Crippen LogP contribution in [-0.4, -0.2) is 15.7 Å². The van der Waals surface area contributed by atoms with Gasteiger partial charge in [-0.1, -0.05) is 6.07 Å². The Hall–Kier alpha value is -2.47. The van der Waals surface area contributed by atoms with Gasteiger partial charge in [-0.2, -0.15) is 5.10 Å². The van der Waals surface area contributed by atoms with Gasteiger partial charge in [-0.05, 0) is 72.2 Å². The highest BCUT2D eigenvalue weighted by Crippen LogP contribution is 2.23. The monoisotopic (exact) mass is 387 g/mol. The Bertz CT molecular complexity index is 903. The van der Waals surface area contributed by atoms with Gasteiger partial charge in [0.05, 0.1) is 21.5 Å². The molecule has 0 bridgehead atoms. The Kier molecular flexibility index (Phi) is 4.49. The third-order valence-electron chi connectivity index (χ3n) is 3.66. The minimum Gasteiger partial charge on any atom is -0.322 e. The number of amides is 1. The van der Waals surface area contributed by atoms with E-state index in [-0.39, 0.29) is 11.5 Å². The molecule has 24 heavy (non-hydrogen) atoms. The standard InChI is InChI=1S/C18H15BrFN3O/c1-11-17(19)12(2)23(22-11)16-8-6-15(7-9-16)21-18(24)13-4-3-5-14(20)10-13/h3-10H,1-2H3,(H,21,24). The number of benzene rings is 2. The lowest BCUT2D eigenvalue weighted by molar-refractivity contribution is 0.102. The first kappa shape index (κ1) is 16.4. The number of carbonyl (C=O) groups excluding carboxylic acids is 1. The summed E-state index contributed by atoms with van der Waals surface area (Å²) in [5, 5.41) is 7.22. The second kappa shape index (κ2) is 6.57. The quantitative estimate of drug-likeness (QED) is 0.711. The largest absolute Gasteiger partial charge is 0.322 e. The number of hydrogen-bond donors (Lipinski definition) is 1. The third kappa shape index (κ3) is 3.23. The number of carbonyl (C=O) groups is 1. The van der Waals surface area contributed by atoms with E-state index in [1.54, 1.807) is 18.2 Å². The van der Waals surface area contributed by atoms with E-state index in [4.69, 9.17) is 0 Å². The normalized spacial score (nSPS) is 10.7. The second-order valence-corrected chi connectivity index (χ2v) is 6.20. The number of nitrogens with one attached hydrogen (secondary N) is 1. The van der Waals surface area contributed by atoms with Crippen molar-refractivity contribution < 1.29 is 9.18 Å². The molecule has 0 saturated carbocycles. The van der Waals surface area contributed by atoms with Crippen molar-refractivity contribution in [1.82, 2.24) is 9.78 Å². The van der Waals surface area contributed by atoms with Crippen molar-refractivity contribution in [3.05, 3.63) is 75.8 Å². The lowest BCUT2D eigenvalue weighted by Gasteiger charge is -2.08. The van der Waals surface area contributed by atoms with E-state index in [9.17, 15) is 9.18 Å². The number of aryl methyl sites for hydroxylation is 1. The second-order valence-electron chi connectivity index (χ2n) is 5.41. The molecule has 1 amide bonds. The average Bonchev–Trinajstić information content (AvgIpc) is 2.83.